The standard InChI is InChI=1S/C19H18Cl2N4O4S/c1-11-22-23-19(25(11)13-6-4-12(20)5-7-13)30-18(10-24(26)27)14-8-16(28-2)17(29-3)9-15(14)21/h4-9,18H,10H2,1-3H3/t18-/m1/s1. The first kappa shape index (κ1) is 22.2. The highest BCUT2D eigenvalue weighted by Crippen LogP contribution is 2.43. The molecule has 3 aromatic rings. The van der Waals surface area contributed by atoms with Crippen LogP contribution in [0.3, 0.4) is 0 Å². The molecule has 2 aromatic carbocycles. The molecular weight excluding hydrogens is 451 g/mol. The lowest BCUT2D eigenvalue weighted by atomic mass is 10.1. The number of aryl methyl sites for hydroxylation is 1. The van der Waals surface area contributed by atoms with Crippen LogP contribution in [-0.2, 0) is 0 Å². The molecule has 0 saturated heterocycles. The number of thioether (sulfide) groups is 1. The normalized spacial score (nSPS) is 11.9. The molecule has 0 aliphatic rings. The highest BCUT2D eigenvalue weighted by atomic mass is 35.5. The third kappa shape index (κ3) is 4.80. The third-order valence-electron chi connectivity index (χ3n) is 4.29. The molecule has 8 nitrogen and oxygen atoms in total. The van der Waals surface area contributed by atoms with Gasteiger partial charge in [0.15, 0.2) is 16.7 Å². The summed E-state index contributed by atoms with van der Waals surface area (Å²) in [5, 5.41) is 20.5. The van der Waals surface area contributed by atoms with Crippen molar-refractivity contribution in [3.8, 4) is 17.2 Å². The molecule has 158 valence electrons. The average molecular weight is 469 g/mol. The molecule has 0 spiro atoms. The van der Waals surface area contributed by atoms with Crippen LogP contribution in [0.2, 0.25) is 10.0 Å². The Morgan fingerprint density at radius 2 is 1.77 bits per heavy atom. The number of nitro groups is 1. The maximum atomic E-state index is 11.4. The van der Waals surface area contributed by atoms with Crippen molar-refractivity contribution in [2.75, 3.05) is 20.8 Å². The van der Waals surface area contributed by atoms with Crippen molar-refractivity contribution in [3.63, 3.8) is 0 Å². The highest BCUT2D eigenvalue weighted by molar-refractivity contribution is 7.99. The fourth-order valence-electron chi connectivity index (χ4n) is 2.89. The van der Waals surface area contributed by atoms with Gasteiger partial charge in [0.05, 0.1) is 14.2 Å². The van der Waals surface area contributed by atoms with Crippen LogP contribution in [0, 0.1) is 17.0 Å². The van der Waals surface area contributed by atoms with E-state index in [0.29, 0.717) is 38.1 Å². The van der Waals surface area contributed by atoms with Gasteiger partial charge in [-0.3, -0.25) is 14.7 Å². The molecule has 1 atom stereocenters. The second-order valence-corrected chi connectivity index (χ2v) is 8.21. The third-order valence-corrected chi connectivity index (χ3v) is 6.03. The molecule has 0 unspecified atom stereocenters. The smallest absolute Gasteiger partial charge is 0.220 e. The topological polar surface area (TPSA) is 92.3 Å². The number of hydrogen-bond donors (Lipinski definition) is 0. The largest absolute Gasteiger partial charge is 0.493 e. The summed E-state index contributed by atoms with van der Waals surface area (Å²) in [6, 6.07) is 10.4. The molecule has 0 bridgehead atoms. The molecule has 0 fully saturated rings. The van der Waals surface area contributed by atoms with Crippen LogP contribution in [0.4, 0.5) is 0 Å². The summed E-state index contributed by atoms with van der Waals surface area (Å²) >= 11 is 13.6. The van der Waals surface area contributed by atoms with Crippen LogP contribution < -0.4 is 9.47 Å². The monoisotopic (exact) mass is 468 g/mol. The molecule has 0 N–H and O–H groups in total. The minimum atomic E-state index is -0.637. The molecule has 0 aliphatic carbocycles. The van der Waals surface area contributed by atoms with E-state index in [1.165, 1.54) is 26.0 Å². The first-order valence-corrected chi connectivity index (χ1v) is 10.4. The van der Waals surface area contributed by atoms with Gasteiger partial charge in [0.25, 0.3) is 0 Å². The van der Waals surface area contributed by atoms with Crippen molar-refractivity contribution < 1.29 is 14.4 Å². The van der Waals surface area contributed by atoms with Gasteiger partial charge >= 0.3 is 0 Å². The Labute approximate surface area is 187 Å². The molecule has 0 saturated carbocycles. The van der Waals surface area contributed by atoms with Crippen LogP contribution in [0.5, 0.6) is 11.5 Å². The Morgan fingerprint density at radius 3 is 2.37 bits per heavy atom. The summed E-state index contributed by atoms with van der Waals surface area (Å²) in [6.45, 7) is 1.43. The van der Waals surface area contributed by atoms with Gasteiger partial charge in [-0.25, -0.2) is 0 Å². The minimum Gasteiger partial charge on any atom is -0.493 e. The molecule has 30 heavy (non-hydrogen) atoms. The Bertz CT molecular complexity index is 1060. The Kier molecular flexibility index (Phi) is 7.06. The van der Waals surface area contributed by atoms with Crippen molar-refractivity contribution in [2.45, 2.75) is 17.3 Å². The minimum absolute atomic E-state index is 0.335. The van der Waals surface area contributed by atoms with Crippen molar-refractivity contribution in [3.05, 3.63) is 67.9 Å². The van der Waals surface area contributed by atoms with Crippen molar-refractivity contribution >= 4 is 35.0 Å². The maximum absolute atomic E-state index is 11.4. The van der Waals surface area contributed by atoms with E-state index in [-0.39, 0.29) is 11.5 Å². The summed E-state index contributed by atoms with van der Waals surface area (Å²) in [5.41, 5.74) is 1.34. The van der Waals surface area contributed by atoms with E-state index in [9.17, 15) is 10.1 Å². The van der Waals surface area contributed by atoms with Crippen LogP contribution >= 0.6 is 35.0 Å². The second-order valence-electron chi connectivity index (χ2n) is 6.19. The van der Waals surface area contributed by atoms with Gasteiger partial charge in [0.1, 0.15) is 11.1 Å². The number of ether oxygens (including phenoxy) is 2. The SMILES string of the molecule is COc1cc(Cl)c([C@@H](C[N+](=O)[O-])Sc2nnc(C)n2-c2ccc(Cl)cc2)cc1OC. The van der Waals surface area contributed by atoms with Crippen LogP contribution in [0.25, 0.3) is 5.69 Å². The van der Waals surface area contributed by atoms with Gasteiger partial charge in [-0.15, -0.1) is 10.2 Å². The van der Waals surface area contributed by atoms with Gasteiger partial charge < -0.3 is 9.47 Å². The zero-order chi connectivity index (χ0) is 21.8. The average Bonchev–Trinajstić information content (AvgIpc) is 3.07. The highest BCUT2D eigenvalue weighted by Gasteiger charge is 2.27. The summed E-state index contributed by atoms with van der Waals surface area (Å²) in [5.74, 6) is 1.51. The number of benzene rings is 2. The lowest BCUT2D eigenvalue weighted by molar-refractivity contribution is -0.479. The zero-order valence-electron chi connectivity index (χ0n) is 16.3. The van der Waals surface area contributed by atoms with Crippen molar-refractivity contribution in [2.24, 2.45) is 0 Å². The van der Waals surface area contributed by atoms with E-state index in [1.54, 1.807) is 31.2 Å². The van der Waals surface area contributed by atoms with E-state index in [2.05, 4.69) is 10.2 Å². The van der Waals surface area contributed by atoms with E-state index in [1.807, 2.05) is 16.7 Å². The Hall–Kier alpha value is -2.49. The molecule has 11 heteroatoms. The van der Waals surface area contributed by atoms with E-state index in [0.717, 1.165) is 5.69 Å². The van der Waals surface area contributed by atoms with E-state index < -0.39 is 5.25 Å². The van der Waals surface area contributed by atoms with Gasteiger partial charge in [-0.1, -0.05) is 35.0 Å². The molecule has 0 amide bonds. The number of aromatic nitrogens is 3. The number of halogens is 2. The lowest BCUT2D eigenvalue weighted by Gasteiger charge is -2.17. The summed E-state index contributed by atoms with van der Waals surface area (Å²) in [4.78, 5) is 11.0. The molecule has 0 aliphatic heterocycles. The first-order chi connectivity index (χ1) is 14.3. The summed E-state index contributed by atoms with van der Waals surface area (Å²) in [7, 11) is 2.99. The first-order valence-electron chi connectivity index (χ1n) is 8.71. The van der Waals surface area contributed by atoms with Gasteiger partial charge in [-0.05, 0) is 42.8 Å². The van der Waals surface area contributed by atoms with Crippen LogP contribution in [0.1, 0.15) is 16.6 Å². The molecule has 3 rings (SSSR count). The fourth-order valence-corrected chi connectivity index (χ4v) is 4.56. The molecular formula is C19H18Cl2N4O4S. The maximum Gasteiger partial charge on any atom is 0.220 e. The predicted molar refractivity (Wildman–Crippen MR) is 116 cm³/mol. The Morgan fingerprint density at radius 1 is 1.13 bits per heavy atom. The quantitative estimate of drug-likeness (QED) is 0.260. The van der Waals surface area contributed by atoms with Crippen LogP contribution in [0.15, 0.2) is 41.6 Å². The summed E-state index contributed by atoms with van der Waals surface area (Å²) in [6.07, 6.45) is 0. The number of rotatable bonds is 8. The second kappa shape index (κ2) is 9.55. The van der Waals surface area contributed by atoms with Gasteiger partial charge in [0.2, 0.25) is 6.54 Å². The predicted octanol–water partition coefficient (Wildman–Crippen LogP) is 5.01. The lowest BCUT2D eigenvalue weighted by Crippen LogP contribution is -2.12. The van der Waals surface area contributed by atoms with Crippen molar-refractivity contribution in [1.82, 2.24) is 14.8 Å². The number of nitrogens with zero attached hydrogens (tertiary/aromatic N) is 4. The summed E-state index contributed by atoms with van der Waals surface area (Å²) < 4.78 is 12.4. The van der Waals surface area contributed by atoms with E-state index in [4.69, 9.17) is 32.7 Å². The van der Waals surface area contributed by atoms with Gasteiger partial charge in [0, 0.05) is 26.7 Å². The fraction of sp³-hybridized carbons (Fsp3) is 0.263. The zero-order valence-corrected chi connectivity index (χ0v) is 18.7. The van der Waals surface area contributed by atoms with Crippen LogP contribution in [-0.4, -0.2) is 40.5 Å². The number of hydrogen-bond acceptors (Lipinski definition) is 7. The molecule has 1 aromatic heterocycles. The van der Waals surface area contributed by atoms with E-state index >= 15 is 0 Å². The Balaban J connectivity index is 2.04. The van der Waals surface area contributed by atoms with Gasteiger partial charge in [-0.2, -0.15) is 0 Å². The molecule has 1 heterocycles. The number of methoxy groups -OCH3 is 2. The molecule has 0 radical (unpaired) electrons. The van der Waals surface area contributed by atoms with Crippen molar-refractivity contribution in [1.29, 1.82) is 0 Å².